The van der Waals surface area contributed by atoms with Crippen LogP contribution in [0.1, 0.15) is 0 Å². The van der Waals surface area contributed by atoms with E-state index in [4.69, 9.17) is 11.6 Å². The van der Waals surface area contributed by atoms with Crippen molar-refractivity contribution in [3.63, 3.8) is 0 Å². The van der Waals surface area contributed by atoms with Gasteiger partial charge in [-0.2, -0.15) is 0 Å². The molecule has 2 aromatic heterocycles. The molecule has 2 aromatic rings. The Kier molecular flexibility index (Phi) is 2.55. The maximum absolute atomic E-state index is 5.99. The van der Waals surface area contributed by atoms with E-state index in [0.29, 0.717) is 5.15 Å². The molecule has 0 spiro atoms. The first kappa shape index (κ1) is 9.73. The van der Waals surface area contributed by atoms with Crippen molar-refractivity contribution in [1.29, 1.82) is 0 Å². The van der Waals surface area contributed by atoms with Gasteiger partial charge < -0.3 is 4.57 Å². The number of aromatic nitrogens is 2. The number of fused-ring (bicyclic) bond motifs is 1. The Bertz CT molecular complexity index is 438. The van der Waals surface area contributed by atoms with Crippen LogP contribution in [0.25, 0.3) is 10.9 Å². The topological polar surface area (TPSA) is 17.8 Å². The Hall–Kier alpha value is 0.190. The first-order chi connectivity index (χ1) is 6.11. The summed E-state index contributed by atoms with van der Waals surface area (Å²) in [5.74, 6) is 0. The molecule has 0 bridgehead atoms. The first-order valence-corrected chi connectivity index (χ1v) is 5.80. The Balaban J connectivity index is 3.03. The molecule has 2 rings (SSSR count). The standard InChI is InChI=1S/C8H5BrClIN2/c1-13-3-4(9)6-5(11)2-12-8(10)7(6)13/h2-3H,1H3. The molecule has 2 heterocycles. The van der Waals surface area contributed by atoms with Gasteiger partial charge in [0.05, 0.1) is 5.52 Å². The molecule has 68 valence electrons. The first-order valence-electron chi connectivity index (χ1n) is 3.56. The van der Waals surface area contributed by atoms with Crippen LogP contribution in [0.15, 0.2) is 16.9 Å². The summed E-state index contributed by atoms with van der Waals surface area (Å²) in [4.78, 5) is 4.10. The third kappa shape index (κ3) is 1.49. The third-order valence-electron chi connectivity index (χ3n) is 1.86. The van der Waals surface area contributed by atoms with Gasteiger partial charge in [0, 0.05) is 32.9 Å². The quantitative estimate of drug-likeness (QED) is 0.511. The van der Waals surface area contributed by atoms with Crippen molar-refractivity contribution in [3.8, 4) is 0 Å². The number of hydrogen-bond donors (Lipinski definition) is 0. The molecule has 0 radical (unpaired) electrons. The monoisotopic (exact) mass is 370 g/mol. The molecule has 0 saturated heterocycles. The van der Waals surface area contributed by atoms with Crippen molar-refractivity contribution >= 4 is 61.0 Å². The van der Waals surface area contributed by atoms with E-state index in [1.54, 1.807) is 6.20 Å². The normalized spacial score (nSPS) is 11.1. The van der Waals surface area contributed by atoms with E-state index >= 15 is 0 Å². The molecule has 0 unspecified atom stereocenters. The lowest BCUT2D eigenvalue weighted by molar-refractivity contribution is 0.962. The summed E-state index contributed by atoms with van der Waals surface area (Å²) in [6.45, 7) is 0. The third-order valence-corrected chi connectivity index (χ3v) is 3.56. The van der Waals surface area contributed by atoms with Crippen LogP contribution in [0.2, 0.25) is 5.15 Å². The second-order valence-electron chi connectivity index (χ2n) is 2.71. The fourth-order valence-corrected chi connectivity index (χ4v) is 3.34. The van der Waals surface area contributed by atoms with E-state index in [0.717, 1.165) is 18.9 Å². The SMILES string of the molecule is Cn1cc(Br)c2c(I)cnc(Cl)c21. The van der Waals surface area contributed by atoms with E-state index in [-0.39, 0.29) is 0 Å². The minimum absolute atomic E-state index is 0.545. The van der Waals surface area contributed by atoms with Crippen LogP contribution in [-0.4, -0.2) is 9.55 Å². The summed E-state index contributed by atoms with van der Waals surface area (Å²) >= 11 is 11.7. The van der Waals surface area contributed by atoms with Crippen LogP contribution in [0, 0.1) is 3.57 Å². The van der Waals surface area contributed by atoms with E-state index in [1.165, 1.54) is 0 Å². The van der Waals surface area contributed by atoms with Gasteiger partial charge in [-0.1, -0.05) is 11.6 Å². The predicted molar refractivity (Wildman–Crippen MR) is 66.1 cm³/mol. The van der Waals surface area contributed by atoms with Gasteiger partial charge in [0.1, 0.15) is 0 Å². The molecular weight excluding hydrogens is 366 g/mol. The van der Waals surface area contributed by atoms with Gasteiger partial charge in [0.15, 0.2) is 5.15 Å². The van der Waals surface area contributed by atoms with Gasteiger partial charge in [-0.05, 0) is 38.5 Å². The zero-order chi connectivity index (χ0) is 9.59. The summed E-state index contributed by atoms with van der Waals surface area (Å²) in [5.41, 5.74) is 0.973. The number of nitrogens with zero attached hydrogens (tertiary/aromatic N) is 2. The highest BCUT2D eigenvalue weighted by Gasteiger charge is 2.11. The van der Waals surface area contributed by atoms with Crippen molar-refractivity contribution in [2.75, 3.05) is 0 Å². The maximum Gasteiger partial charge on any atom is 0.153 e. The Morgan fingerprint density at radius 1 is 1.62 bits per heavy atom. The van der Waals surface area contributed by atoms with E-state index in [2.05, 4.69) is 43.5 Å². The minimum atomic E-state index is 0.545. The molecule has 0 aliphatic rings. The van der Waals surface area contributed by atoms with Gasteiger partial charge >= 0.3 is 0 Å². The van der Waals surface area contributed by atoms with Crippen LogP contribution in [0.4, 0.5) is 0 Å². The fraction of sp³-hybridized carbons (Fsp3) is 0.125. The molecule has 0 fully saturated rings. The largest absolute Gasteiger partial charge is 0.347 e. The van der Waals surface area contributed by atoms with Crippen LogP contribution in [-0.2, 0) is 7.05 Å². The molecule has 0 aromatic carbocycles. The predicted octanol–water partition coefficient (Wildman–Crippen LogP) is 3.59. The fourth-order valence-electron chi connectivity index (χ4n) is 1.30. The van der Waals surface area contributed by atoms with Gasteiger partial charge in [-0.15, -0.1) is 0 Å². The second kappa shape index (κ2) is 3.40. The molecule has 0 aliphatic carbocycles. The molecule has 0 aliphatic heterocycles. The van der Waals surface area contributed by atoms with E-state index in [1.807, 2.05) is 17.8 Å². The highest BCUT2D eigenvalue weighted by Crippen LogP contribution is 2.32. The average molecular weight is 371 g/mol. The van der Waals surface area contributed by atoms with Crippen LogP contribution < -0.4 is 0 Å². The summed E-state index contributed by atoms with van der Waals surface area (Å²) < 4.78 is 4.12. The zero-order valence-corrected chi connectivity index (χ0v) is 11.2. The smallest absolute Gasteiger partial charge is 0.153 e. The van der Waals surface area contributed by atoms with Crippen LogP contribution in [0.5, 0.6) is 0 Å². The van der Waals surface area contributed by atoms with E-state index in [9.17, 15) is 0 Å². The number of rotatable bonds is 0. The Morgan fingerprint density at radius 3 is 2.92 bits per heavy atom. The molecular formula is C8H5BrClIN2. The van der Waals surface area contributed by atoms with Gasteiger partial charge in [0.2, 0.25) is 0 Å². The lowest BCUT2D eigenvalue weighted by Gasteiger charge is -1.99. The molecule has 0 saturated carbocycles. The number of pyridine rings is 1. The van der Waals surface area contributed by atoms with Crippen LogP contribution in [0.3, 0.4) is 0 Å². The van der Waals surface area contributed by atoms with Crippen molar-refractivity contribution in [2.45, 2.75) is 0 Å². The molecule has 0 amide bonds. The zero-order valence-electron chi connectivity index (χ0n) is 6.68. The van der Waals surface area contributed by atoms with E-state index < -0.39 is 0 Å². The van der Waals surface area contributed by atoms with Gasteiger partial charge in [-0.3, -0.25) is 0 Å². The van der Waals surface area contributed by atoms with Crippen LogP contribution >= 0.6 is 50.1 Å². The number of aryl methyl sites for hydroxylation is 1. The summed E-state index contributed by atoms with van der Waals surface area (Å²) in [5, 5.41) is 1.67. The highest BCUT2D eigenvalue weighted by atomic mass is 127. The molecule has 0 atom stereocenters. The minimum Gasteiger partial charge on any atom is -0.347 e. The number of hydrogen-bond acceptors (Lipinski definition) is 1. The highest BCUT2D eigenvalue weighted by molar-refractivity contribution is 14.1. The Labute approximate surface area is 103 Å². The lowest BCUT2D eigenvalue weighted by Crippen LogP contribution is -1.88. The number of halogens is 3. The van der Waals surface area contributed by atoms with Crippen molar-refractivity contribution in [3.05, 3.63) is 25.6 Å². The summed E-state index contributed by atoms with van der Waals surface area (Å²) in [7, 11) is 1.96. The van der Waals surface area contributed by atoms with Crippen molar-refractivity contribution < 1.29 is 0 Å². The molecule has 0 N–H and O–H groups in total. The maximum atomic E-state index is 5.99. The summed E-state index contributed by atoms with van der Waals surface area (Å²) in [6.07, 6.45) is 3.76. The van der Waals surface area contributed by atoms with Crippen molar-refractivity contribution in [2.24, 2.45) is 7.05 Å². The molecule has 5 heteroatoms. The second-order valence-corrected chi connectivity index (χ2v) is 5.08. The molecule has 2 nitrogen and oxygen atoms in total. The van der Waals surface area contributed by atoms with Gasteiger partial charge in [-0.25, -0.2) is 4.98 Å². The summed E-state index contributed by atoms with van der Waals surface area (Å²) in [6, 6.07) is 0. The van der Waals surface area contributed by atoms with Gasteiger partial charge in [0.25, 0.3) is 0 Å². The van der Waals surface area contributed by atoms with Crippen molar-refractivity contribution in [1.82, 2.24) is 9.55 Å². The lowest BCUT2D eigenvalue weighted by atomic mass is 10.3. The molecule has 13 heavy (non-hydrogen) atoms. The Morgan fingerprint density at radius 2 is 2.31 bits per heavy atom. The average Bonchev–Trinajstić information content (AvgIpc) is 2.36.